The van der Waals surface area contributed by atoms with E-state index in [0.29, 0.717) is 23.9 Å². The molecule has 17 nitrogen and oxygen atoms in total. The first-order chi connectivity index (χ1) is 23.7. The van der Waals surface area contributed by atoms with Crippen LogP contribution in [-0.4, -0.2) is 118 Å². The molecule has 8 N–H and O–H groups in total. The second-order valence-corrected chi connectivity index (χ2v) is 12.0. The summed E-state index contributed by atoms with van der Waals surface area (Å²) in [6.45, 7) is 0.190. The van der Waals surface area contributed by atoms with E-state index in [1.165, 1.54) is 0 Å². The molecule has 0 radical (unpaired) electrons. The average molecular weight is 723 g/mol. The van der Waals surface area contributed by atoms with Crippen molar-refractivity contribution in [1.82, 2.24) is 31.1 Å². The number of aromatic carboxylic acids is 1. The first kappa shape index (κ1) is 36.1. The minimum atomic E-state index is -2.05. The van der Waals surface area contributed by atoms with E-state index in [9.17, 15) is 57.9 Å². The Kier molecular flexibility index (Phi) is 10.6. The highest BCUT2D eigenvalue weighted by atomic mass is 35.5. The zero-order valence-corrected chi connectivity index (χ0v) is 26.6. The number of carboxylic acid groups (broad SMARTS) is 1. The summed E-state index contributed by atoms with van der Waals surface area (Å²) < 4.78 is 33.9. The number of urea groups is 1. The van der Waals surface area contributed by atoms with Gasteiger partial charge in [0.15, 0.2) is 17.3 Å². The fraction of sp³-hybridized carbons (Fsp3) is 0.379. The molecule has 2 saturated heterocycles. The van der Waals surface area contributed by atoms with Crippen LogP contribution in [0.3, 0.4) is 0 Å². The van der Waals surface area contributed by atoms with Crippen molar-refractivity contribution in [2.75, 3.05) is 32.7 Å². The number of phenols is 2. The van der Waals surface area contributed by atoms with Crippen molar-refractivity contribution in [3.63, 3.8) is 0 Å². The Morgan fingerprint density at radius 1 is 1.10 bits per heavy atom. The quantitative estimate of drug-likeness (QED) is 0.0897. The van der Waals surface area contributed by atoms with Gasteiger partial charge in [-0.05, 0) is 43.5 Å². The Morgan fingerprint density at radius 2 is 1.84 bits per heavy atom. The maximum atomic E-state index is 14.6. The molecule has 0 saturated carbocycles. The summed E-state index contributed by atoms with van der Waals surface area (Å²) in [6, 6.07) is -1.20. The number of hydrogen-bond acceptors (Lipinski definition) is 11. The summed E-state index contributed by atoms with van der Waals surface area (Å²) in [6.07, 6.45) is 1.18. The van der Waals surface area contributed by atoms with Gasteiger partial charge >= 0.3 is 30.9 Å². The summed E-state index contributed by atoms with van der Waals surface area (Å²) in [5, 5.41) is 49.3. The number of rotatable bonds is 9. The van der Waals surface area contributed by atoms with E-state index in [-0.39, 0.29) is 50.1 Å². The van der Waals surface area contributed by atoms with E-state index in [1.54, 1.807) is 0 Å². The van der Waals surface area contributed by atoms with Gasteiger partial charge in [0.1, 0.15) is 23.2 Å². The number of nitrogens with one attached hydrogen (secondary N) is 4. The maximum absolute atomic E-state index is 14.6. The molecule has 2 aromatic carbocycles. The normalized spacial score (nSPS) is 19.4. The average Bonchev–Trinajstić information content (AvgIpc) is 3.62. The Balaban J connectivity index is 1.32. The van der Waals surface area contributed by atoms with Crippen LogP contribution in [0.1, 0.15) is 40.4 Å². The molecule has 21 heteroatoms. The van der Waals surface area contributed by atoms with Crippen LogP contribution in [0.2, 0.25) is 5.02 Å². The first-order valence-electron chi connectivity index (χ1n) is 15.2. The number of nitrogens with zero attached hydrogens (tertiary/aromatic N) is 2. The van der Waals surface area contributed by atoms with Crippen molar-refractivity contribution >= 4 is 54.3 Å². The second kappa shape index (κ2) is 14.7. The Labute approximate surface area is 286 Å². The van der Waals surface area contributed by atoms with Gasteiger partial charge in [0, 0.05) is 31.7 Å². The van der Waals surface area contributed by atoms with E-state index in [2.05, 4.69) is 21.3 Å². The van der Waals surface area contributed by atoms with E-state index >= 15 is 0 Å². The molecule has 0 spiro atoms. The number of carbonyl (C=O) groups is 6. The number of carbonyl (C=O) groups excluding carboxylic acids is 5. The number of imide groups is 1. The molecule has 3 atom stereocenters. The third kappa shape index (κ3) is 7.21. The Morgan fingerprint density at radius 3 is 2.52 bits per heavy atom. The van der Waals surface area contributed by atoms with Gasteiger partial charge in [-0.2, -0.15) is 0 Å². The van der Waals surface area contributed by atoms with E-state index in [1.807, 2.05) is 0 Å². The van der Waals surface area contributed by atoms with Crippen LogP contribution < -0.4 is 25.9 Å². The van der Waals surface area contributed by atoms with Crippen molar-refractivity contribution < 1.29 is 62.5 Å². The standard InChI is InChI=1S/C29H30BClF2N6O11/c31-19-13(11-15(33)21(40)22(19)41)20(25(43)36-17-10-12-3-4-14(32)18(28(46)47)23(12)50-30(17)49)37-29(48)39-9-8-38(26(44)27(39)45)7-6-35-24(42)16-2-1-5-34-16/h3-4,11,16-17,20,34,40-41,49H,1-2,5-10H2,(H,35,42)(H,36,43)(H,37,48)(H,46,47)/t16-,17-,20+/m0/s1. The molecule has 3 heterocycles. The van der Waals surface area contributed by atoms with E-state index in [0.717, 1.165) is 23.5 Å². The van der Waals surface area contributed by atoms with Gasteiger partial charge in [0.2, 0.25) is 11.8 Å². The van der Waals surface area contributed by atoms with Gasteiger partial charge in [0.05, 0.1) is 17.0 Å². The molecule has 2 fully saturated rings. The van der Waals surface area contributed by atoms with Gasteiger partial charge in [-0.15, -0.1) is 0 Å². The Hall–Kier alpha value is -5.21. The SMILES string of the molecule is O=C(O)c1c(F)ccc2c1OB(O)[C@@H](NC(=O)[C@H](NC(=O)N1CCN(CCNC(=O)[C@@H]3CCCN3)C(=O)C1=O)c1cc(F)c(O)c(O)c1Cl)C2. The van der Waals surface area contributed by atoms with E-state index < -0.39 is 93.9 Å². The van der Waals surface area contributed by atoms with Crippen LogP contribution in [-0.2, 0) is 25.6 Å². The van der Waals surface area contributed by atoms with Gasteiger partial charge in [-0.25, -0.2) is 18.4 Å². The lowest BCUT2D eigenvalue weighted by molar-refractivity contribution is -0.153. The summed E-state index contributed by atoms with van der Waals surface area (Å²) in [5.41, 5.74) is -1.40. The molecule has 0 aliphatic carbocycles. The molecular weight excluding hydrogens is 693 g/mol. The predicted octanol–water partition coefficient (Wildman–Crippen LogP) is -0.843. The summed E-state index contributed by atoms with van der Waals surface area (Å²) in [5.74, 6) is -12.5. The van der Waals surface area contributed by atoms with E-state index in [4.69, 9.17) is 16.3 Å². The molecule has 6 amide bonds. The third-order valence-corrected chi connectivity index (χ3v) is 8.80. The number of phenolic OH excluding ortho intramolecular Hbond substituents is 2. The van der Waals surface area contributed by atoms with Gasteiger partial charge in [0.25, 0.3) is 0 Å². The number of aromatic hydroxyl groups is 2. The maximum Gasteiger partial charge on any atom is 0.547 e. The molecular formula is C29H30BClF2N6O11. The van der Waals surface area contributed by atoms with Crippen molar-refractivity contribution in [2.45, 2.75) is 37.3 Å². The summed E-state index contributed by atoms with van der Waals surface area (Å²) in [7, 11) is -1.96. The first-order valence-corrected chi connectivity index (χ1v) is 15.6. The van der Waals surface area contributed by atoms with Crippen molar-refractivity contribution in [3.05, 3.63) is 51.5 Å². The minimum Gasteiger partial charge on any atom is -0.534 e. The van der Waals surface area contributed by atoms with Crippen molar-refractivity contribution in [1.29, 1.82) is 0 Å². The molecule has 3 aliphatic rings. The van der Waals surface area contributed by atoms with Gasteiger partial charge < -0.3 is 51.2 Å². The number of benzene rings is 2. The minimum absolute atomic E-state index is 0.0344. The van der Waals surface area contributed by atoms with Crippen LogP contribution in [0.15, 0.2) is 18.2 Å². The monoisotopic (exact) mass is 722 g/mol. The smallest absolute Gasteiger partial charge is 0.534 e. The largest absolute Gasteiger partial charge is 0.547 e. The predicted molar refractivity (Wildman–Crippen MR) is 166 cm³/mol. The van der Waals surface area contributed by atoms with Crippen molar-refractivity contribution in [3.8, 4) is 17.2 Å². The molecule has 3 aliphatic heterocycles. The number of amides is 6. The molecule has 5 rings (SSSR count). The van der Waals surface area contributed by atoms with Crippen LogP contribution in [0.5, 0.6) is 17.2 Å². The number of piperazine rings is 1. The molecule has 2 aromatic rings. The van der Waals surface area contributed by atoms with Crippen LogP contribution in [0.25, 0.3) is 0 Å². The fourth-order valence-electron chi connectivity index (χ4n) is 5.77. The molecule has 0 unspecified atom stereocenters. The van der Waals surface area contributed by atoms with Gasteiger partial charge in [-0.1, -0.05) is 17.7 Å². The summed E-state index contributed by atoms with van der Waals surface area (Å²) >= 11 is 6.11. The lowest BCUT2D eigenvalue weighted by Gasteiger charge is -2.34. The van der Waals surface area contributed by atoms with Gasteiger partial charge in [-0.3, -0.25) is 24.1 Å². The molecule has 266 valence electrons. The number of fused-ring (bicyclic) bond motifs is 1. The zero-order chi connectivity index (χ0) is 36.4. The topological polar surface area (TPSA) is 247 Å². The third-order valence-electron chi connectivity index (χ3n) is 8.40. The van der Waals surface area contributed by atoms with Crippen molar-refractivity contribution in [2.24, 2.45) is 0 Å². The molecule has 0 bridgehead atoms. The van der Waals surface area contributed by atoms with Crippen LogP contribution in [0.4, 0.5) is 13.6 Å². The van der Waals surface area contributed by atoms with Crippen LogP contribution in [0, 0.1) is 11.6 Å². The lowest BCUT2D eigenvalue weighted by Crippen LogP contribution is -2.60. The fourth-order valence-corrected chi connectivity index (χ4v) is 6.02. The molecule has 50 heavy (non-hydrogen) atoms. The Bertz CT molecular complexity index is 1760. The summed E-state index contributed by atoms with van der Waals surface area (Å²) in [4.78, 5) is 78.2. The molecule has 0 aromatic heterocycles. The number of hydrogen-bond donors (Lipinski definition) is 8. The highest BCUT2D eigenvalue weighted by molar-refractivity contribution is 6.47. The highest BCUT2D eigenvalue weighted by Gasteiger charge is 2.42. The highest BCUT2D eigenvalue weighted by Crippen LogP contribution is 2.40. The second-order valence-electron chi connectivity index (χ2n) is 11.6. The van der Waals surface area contributed by atoms with Crippen LogP contribution >= 0.6 is 11.6 Å². The lowest BCUT2D eigenvalue weighted by atomic mass is 9.72. The number of halogens is 3. The zero-order valence-electron chi connectivity index (χ0n) is 25.9. The number of carboxylic acids is 1.